The summed E-state index contributed by atoms with van der Waals surface area (Å²) in [6.45, 7) is 3.95. The monoisotopic (exact) mass is 489 g/mol. The maximum Gasteiger partial charge on any atom is 0.236 e. The van der Waals surface area contributed by atoms with E-state index in [2.05, 4.69) is 31.5 Å². The second-order valence-corrected chi connectivity index (χ2v) is 9.49. The van der Waals surface area contributed by atoms with Crippen LogP contribution in [0.3, 0.4) is 0 Å². The maximum absolute atomic E-state index is 12.2. The number of carbonyl (C=O) groups excluding carboxylic acids is 2. The smallest absolute Gasteiger partial charge is 0.236 e. The molecule has 150 valence electrons. The summed E-state index contributed by atoms with van der Waals surface area (Å²) in [6, 6.07) is 15.5. The largest absolute Gasteiger partial charge is 0.325 e. The molecule has 0 saturated carbocycles. The van der Waals surface area contributed by atoms with Crippen molar-refractivity contribution in [3.63, 3.8) is 0 Å². The van der Waals surface area contributed by atoms with E-state index in [1.807, 2.05) is 62.4 Å². The number of hydrogen-bond acceptors (Lipinski definition) is 5. The lowest BCUT2D eigenvalue weighted by atomic mass is 10.1. The third-order valence-corrected chi connectivity index (χ3v) is 6.28. The lowest BCUT2D eigenvalue weighted by Gasteiger charge is -2.06. The van der Waals surface area contributed by atoms with Gasteiger partial charge in [-0.3, -0.25) is 9.59 Å². The van der Waals surface area contributed by atoms with E-state index in [-0.39, 0.29) is 23.3 Å². The molecule has 0 aliphatic heterocycles. The predicted molar refractivity (Wildman–Crippen MR) is 126 cm³/mol. The molecule has 29 heavy (non-hydrogen) atoms. The van der Waals surface area contributed by atoms with Crippen molar-refractivity contribution >= 4 is 61.7 Å². The molecule has 8 heteroatoms. The van der Waals surface area contributed by atoms with Gasteiger partial charge in [0.2, 0.25) is 11.8 Å². The number of thioether (sulfide) groups is 1. The van der Waals surface area contributed by atoms with Gasteiger partial charge in [0.1, 0.15) is 0 Å². The van der Waals surface area contributed by atoms with Crippen LogP contribution in [0.1, 0.15) is 10.4 Å². The number of halogens is 1. The molecular weight excluding hydrogens is 470 g/mol. The van der Waals surface area contributed by atoms with Gasteiger partial charge >= 0.3 is 0 Å². The molecular formula is C21H20BrN3O2S2. The Bertz CT molecular complexity index is 1020. The minimum Gasteiger partial charge on any atom is -0.325 e. The average Bonchev–Trinajstić information content (AvgIpc) is 3.02. The standard InChI is InChI=1S/C21H20BrN3O2S2/c1-13-4-3-5-17(10-13)23-18(26)11-28-12-19(27)24-21-25-20(14(2)29-21)15-6-8-16(22)9-7-15/h3-10H,11-12H2,1-2H3,(H,23,26)(H,24,25,27). The van der Waals surface area contributed by atoms with E-state index in [0.717, 1.165) is 31.9 Å². The summed E-state index contributed by atoms with van der Waals surface area (Å²) in [5, 5.41) is 6.22. The summed E-state index contributed by atoms with van der Waals surface area (Å²) >= 11 is 6.13. The number of nitrogens with one attached hydrogen (secondary N) is 2. The summed E-state index contributed by atoms with van der Waals surface area (Å²) in [7, 11) is 0. The molecule has 0 atom stereocenters. The average molecular weight is 490 g/mol. The van der Waals surface area contributed by atoms with E-state index < -0.39 is 0 Å². The Hall–Kier alpha value is -2.16. The molecule has 2 aromatic carbocycles. The van der Waals surface area contributed by atoms with E-state index >= 15 is 0 Å². The molecule has 0 bridgehead atoms. The van der Waals surface area contributed by atoms with Gasteiger partial charge in [0.15, 0.2) is 5.13 Å². The Kier molecular flexibility index (Phi) is 7.46. The van der Waals surface area contributed by atoms with Crippen LogP contribution < -0.4 is 10.6 Å². The minimum absolute atomic E-state index is 0.129. The molecule has 0 aliphatic carbocycles. The normalized spacial score (nSPS) is 10.6. The number of carbonyl (C=O) groups is 2. The minimum atomic E-state index is -0.172. The van der Waals surface area contributed by atoms with Crippen molar-refractivity contribution in [1.29, 1.82) is 0 Å². The van der Waals surface area contributed by atoms with Crippen molar-refractivity contribution in [2.75, 3.05) is 22.1 Å². The molecule has 0 unspecified atom stereocenters. The van der Waals surface area contributed by atoms with Crippen molar-refractivity contribution in [3.05, 3.63) is 63.4 Å². The van der Waals surface area contributed by atoms with Crippen LogP contribution in [0, 0.1) is 13.8 Å². The van der Waals surface area contributed by atoms with Gasteiger partial charge in [-0.15, -0.1) is 23.1 Å². The highest BCUT2D eigenvalue weighted by atomic mass is 79.9. The number of nitrogens with zero attached hydrogens (tertiary/aromatic N) is 1. The number of amides is 2. The topological polar surface area (TPSA) is 71.1 Å². The van der Waals surface area contributed by atoms with Gasteiger partial charge in [0, 0.05) is 20.6 Å². The first-order chi connectivity index (χ1) is 13.9. The van der Waals surface area contributed by atoms with Crippen molar-refractivity contribution in [2.24, 2.45) is 0 Å². The highest BCUT2D eigenvalue weighted by molar-refractivity contribution is 9.10. The van der Waals surface area contributed by atoms with Crippen molar-refractivity contribution in [2.45, 2.75) is 13.8 Å². The zero-order valence-electron chi connectivity index (χ0n) is 16.0. The summed E-state index contributed by atoms with van der Waals surface area (Å²) in [5.74, 6) is 0.0982. The van der Waals surface area contributed by atoms with Crippen LogP contribution >= 0.6 is 39.0 Å². The van der Waals surface area contributed by atoms with Gasteiger partial charge in [-0.05, 0) is 43.7 Å². The van der Waals surface area contributed by atoms with E-state index in [1.165, 1.54) is 23.1 Å². The van der Waals surface area contributed by atoms with Crippen LogP contribution in [0.4, 0.5) is 10.8 Å². The Morgan fingerprint density at radius 2 is 1.72 bits per heavy atom. The molecule has 0 fully saturated rings. The van der Waals surface area contributed by atoms with Crippen molar-refractivity contribution in [3.8, 4) is 11.3 Å². The molecule has 3 rings (SSSR count). The molecule has 2 amide bonds. The zero-order valence-corrected chi connectivity index (χ0v) is 19.2. The zero-order chi connectivity index (χ0) is 20.8. The lowest BCUT2D eigenvalue weighted by molar-refractivity contribution is -0.114. The van der Waals surface area contributed by atoms with Crippen LogP contribution in [0.15, 0.2) is 53.0 Å². The van der Waals surface area contributed by atoms with Crippen LogP contribution in [0.2, 0.25) is 0 Å². The SMILES string of the molecule is Cc1cccc(NC(=O)CSCC(=O)Nc2nc(-c3ccc(Br)cc3)c(C)s2)c1. The molecule has 0 aliphatic rings. The van der Waals surface area contributed by atoms with Crippen LogP contribution in [-0.2, 0) is 9.59 Å². The Balaban J connectivity index is 1.48. The molecule has 5 nitrogen and oxygen atoms in total. The van der Waals surface area contributed by atoms with Gasteiger partial charge in [-0.2, -0.15) is 0 Å². The predicted octanol–water partition coefficient (Wildman–Crippen LogP) is 5.50. The number of thiazole rings is 1. The molecule has 0 spiro atoms. The quantitative estimate of drug-likeness (QED) is 0.459. The van der Waals surface area contributed by atoms with Gasteiger partial charge in [-0.25, -0.2) is 4.98 Å². The number of aryl methyl sites for hydroxylation is 2. The second kappa shape index (κ2) is 10.0. The molecule has 1 aromatic heterocycles. The van der Waals surface area contributed by atoms with Gasteiger partial charge < -0.3 is 10.6 Å². The number of anilines is 2. The first kappa shape index (κ1) is 21.5. The van der Waals surface area contributed by atoms with Gasteiger partial charge in [0.25, 0.3) is 0 Å². The summed E-state index contributed by atoms with van der Waals surface area (Å²) in [6.07, 6.45) is 0. The molecule has 1 heterocycles. The number of hydrogen-bond donors (Lipinski definition) is 2. The first-order valence-electron chi connectivity index (χ1n) is 8.88. The van der Waals surface area contributed by atoms with Gasteiger partial charge in [-0.1, -0.05) is 40.2 Å². The number of rotatable bonds is 7. The van der Waals surface area contributed by atoms with Crippen molar-refractivity contribution in [1.82, 2.24) is 4.98 Å². The molecule has 3 aromatic rings. The second-order valence-electron chi connectivity index (χ2n) is 6.39. The fourth-order valence-corrected chi connectivity index (χ4v) is 4.37. The van der Waals surface area contributed by atoms with E-state index in [1.54, 1.807) is 0 Å². The Morgan fingerprint density at radius 3 is 2.41 bits per heavy atom. The highest BCUT2D eigenvalue weighted by Gasteiger charge is 2.13. The summed E-state index contributed by atoms with van der Waals surface area (Å²) in [4.78, 5) is 29.8. The first-order valence-corrected chi connectivity index (χ1v) is 11.6. The van der Waals surface area contributed by atoms with E-state index in [0.29, 0.717) is 5.13 Å². The third-order valence-electron chi connectivity index (χ3n) is 3.93. The highest BCUT2D eigenvalue weighted by Crippen LogP contribution is 2.31. The lowest BCUT2D eigenvalue weighted by Crippen LogP contribution is -2.18. The fraction of sp³-hybridized carbons (Fsp3) is 0.190. The summed E-state index contributed by atoms with van der Waals surface area (Å²) in [5.41, 5.74) is 3.71. The van der Waals surface area contributed by atoms with Crippen LogP contribution in [-0.4, -0.2) is 28.3 Å². The maximum atomic E-state index is 12.2. The Morgan fingerprint density at radius 1 is 1.03 bits per heavy atom. The fourth-order valence-electron chi connectivity index (χ4n) is 2.64. The summed E-state index contributed by atoms with van der Waals surface area (Å²) < 4.78 is 1.01. The van der Waals surface area contributed by atoms with E-state index in [9.17, 15) is 9.59 Å². The number of aromatic nitrogens is 1. The number of benzene rings is 2. The van der Waals surface area contributed by atoms with Crippen molar-refractivity contribution < 1.29 is 9.59 Å². The van der Waals surface area contributed by atoms with Gasteiger partial charge in [0.05, 0.1) is 17.2 Å². The van der Waals surface area contributed by atoms with Crippen LogP contribution in [0.25, 0.3) is 11.3 Å². The van der Waals surface area contributed by atoms with E-state index in [4.69, 9.17) is 0 Å². The molecule has 2 N–H and O–H groups in total. The third kappa shape index (κ3) is 6.42. The Labute approximate surface area is 186 Å². The molecule has 0 radical (unpaired) electrons. The van der Waals surface area contributed by atoms with Crippen LogP contribution in [0.5, 0.6) is 0 Å². The molecule has 0 saturated heterocycles.